The predicted octanol–water partition coefficient (Wildman–Crippen LogP) is 2.13. The normalized spacial score (nSPS) is 9.95. The average molecular weight is 337 g/mol. The van der Waals surface area contributed by atoms with Gasteiger partial charge in [0, 0.05) is 24.2 Å². The van der Waals surface area contributed by atoms with Gasteiger partial charge in [-0.05, 0) is 34.1 Å². The van der Waals surface area contributed by atoms with E-state index in [9.17, 15) is 4.79 Å². The number of rotatable bonds is 3. The van der Waals surface area contributed by atoms with E-state index in [2.05, 4.69) is 31.2 Å². The maximum absolute atomic E-state index is 12.0. The van der Waals surface area contributed by atoms with Crippen LogP contribution in [0.25, 0.3) is 0 Å². The van der Waals surface area contributed by atoms with Gasteiger partial charge in [0.05, 0.1) is 10.2 Å². The summed E-state index contributed by atoms with van der Waals surface area (Å²) in [6, 6.07) is 4.91. The molecule has 3 N–H and O–H groups in total. The Balaban J connectivity index is 2.16. The highest BCUT2D eigenvalue weighted by Gasteiger charge is 2.09. The molecule has 0 spiro atoms. The molecule has 96 valence electrons. The van der Waals surface area contributed by atoms with Gasteiger partial charge in [0.25, 0.3) is 5.91 Å². The number of nitrogens with zero attached hydrogens (tertiary/aromatic N) is 2. The first kappa shape index (κ1) is 13.6. The third-order valence-electron chi connectivity index (χ3n) is 2.30. The summed E-state index contributed by atoms with van der Waals surface area (Å²) in [5.41, 5.74) is 6.99. The molecule has 0 radical (unpaired) electrons. The van der Waals surface area contributed by atoms with Crippen LogP contribution in [0.3, 0.4) is 0 Å². The Labute approximate surface area is 123 Å². The molecule has 2 aromatic heterocycles. The van der Waals surface area contributed by atoms with Crippen LogP contribution in [-0.2, 0) is 0 Å². The van der Waals surface area contributed by atoms with Crippen LogP contribution in [0.2, 0.25) is 0 Å². The van der Waals surface area contributed by atoms with E-state index in [0.717, 1.165) is 0 Å². The number of hydrogen-bond donors (Lipinski definition) is 2. The number of nitrogens with one attached hydrogen (secondary N) is 1. The zero-order valence-corrected chi connectivity index (χ0v) is 12.0. The van der Waals surface area contributed by atoms with E-state index in [4.69, 9.17) is 18.0 Å². The van der Waals surface area contributed by atoms with Crippen LogP contribution in [0.4, 0.5) is 5.69 Å². The van der Waals surface area contributed by atoms with Crippen molar-refractivity contribution in [1.29, 1.82) is 0 Å². The topological polar surface area (TPSA) is 80.9 Å². The Morgan fingerprint density at radius 2 is 2.11 bits per heavy atom. The summed E-state index contributed by atoms with van der Waals surface area (Å²) >= 11 is 8.11. The van der Waals surface area contributed by atoms with Gasteiger partial charge in [0.2, 0.25) is 0 Å². The van der Waals surface area contributed by atoms with Gasteiger partial charge in [-0.3, -0.25) is 14.8 Å². The largest absolute Gasteiger partial charge is 0.389 e. The summed E-state index contributed by atoms with van der Waals surface area (Å²) < 4.78 is 0.697. The van der Waals surface area contributed by atoms with Crippen LogP contribution in [-0.4, -0.2) is 20.9 Å². The highest BCUT2D eigenvalue weighted by Crippen LogP contribution is 2.20. The number of anilines is 1. The minimum atomic E-state index is -0.318. The van der Waals surface area contributed by atoms with E-state index >= 15 is 0 Å². The quantitative estimate of drug-likeness (QED) is 0.839. The third kappa shape index (κ3) is 3.33. The highest BCUT2D eigenvalue weighted by molar-refractivity contribution is 9.10. The molecule has 2 aromatic rings. The summed E-state index contributed by atoms with van der Waals surface area (Å²) in [6.45, 7) is 0. The number of carbonyl (C=O) groups is 1. The van der Waals surface area contributed by atoms with Crippen molar-refractivity contribution in [3.63, 3.8) is 0 Å². The molecule has 0 fully saturated rings. The van der Waals surface area contributed by atoms with Crippen molar-refractivity contribution in [3.8, 4) is 0 Å². The van der Waals surface area contributed by atoms with Gasteiger partial charge < -0.3 is 11.1 Å². The summed E-state index contributed by atoms with van der Waals surface area (Å²) in [5.74, 6) is -0.318. The fourth-order valence-corrected chi connectivity index (χ4v) is 1.81. The Kier molecular flexibility index (Phi) is 4.18. The molecule has 2 rings (SSSR count). The zero-order chi connectivity index (χ0) is 13.8. The second kappa shape index (κ2) is 5.85. The van der Waals surface area contributed by atoms with E-state index < -0.39 is 0 Å². The third-order valence-corrected chi connectivity index (χ3v) is 3.17. The van der Waals surface area contributed by atoms with Gasteiger partial charge in [-0.15, -0.1) is 0 Å². The van der Waals surface area contributed by atoms with Crippen molar-refractivity contribution in [3.05, 3.63) is 52.5 Å². The van der Waals surface area contributed by atoms with Crippen molar-refractivity contribution in [1.82, 2.24) is 9.97 Å². The molecule has 0 saturated heterocycles. The number of hydrogen-bond acceptors (Lipinski definition) is 4. The van der Waals surface area contributed by atoms with Gasteiger partial charge >= 0.3 is 0 Å². The lowest BCUT2D eigenvalue weighted by Crippen LogP contribution is -2.15. The van der Waals surface area contributed by atoms with Crippen LogP contribution < -0.4 is 11.1 Å². The van der Waals surface area contributed by atoms with Crippen molar-refractivity contribution < 1.29 is 4.79 Å². The van der Waals surface area contributed by atoms with Crippen LogP contribution in [0.5, 0.6) is 0 Å². The molecular formula is C12H9BrN4OS. The van der Waals surface area contributed by atoms with Crippen LogP contribution in [0.1, 0.15) is 16.1 Å². The maximum atomic E-state index is 12.0. The Morgan fingerprint density at radius 3 is 2.68 bits per heavy atom. The second-order valence-electron chi connectivity index (χ2n) is 3.61. The number of aromatic nitrogens is 2. The molecule has 1 amide bonds. The predicted molar refractivity (Wildman–Crippen MR) is 80.0 cm³/mol. The number of nitrogens with two attached hydrogens (primary N) is 1. The molecule has 19 heavy (non-hydrogen) atoms. The van der Waals surface area contributed by atoms with Crippen LogP contribution >= 0.6 is 28.1 Å². The Hall–Kier alpha value is -1.86. The monoisotopic (exact) mass is 336 g/mol. The number of halogens is 1. The average Bonchev–Trinajstić information content (AvgIpc) is 2.41. The lowest BCUT2D eigenvalue weighted by molar-refractivity contribution is 0.102. The first-order chi connectivity index (χ1) is 9.08. The van der Waals surface area contributed by atoms with Gasteiger partial charge in [-0.2, -0.15) is 0 Å². The van der Waals surface area contributed by atoms with Gasteiger partial charge in [-0.1, -0.05) is 12.2 Å². The van der Waals surface area contributed by atoms with Gasteiger partial charge in [0.1, 0.15) is 10.7 Å². The standard InChI is InChI=1S/C12H9BrN4OS/c13-8-6-15-4-3-9(8)17-12(18)10-2-1-7(5-16-10)11(14)19/h1-6H,(H2,14,19)(H,15,17,18). The molecule has 0 aliphatic carbocycles. The van der Waals surface area contributed by atoms with Gasteiger partial charge in [-0.25, -0.2) is 0 Å². The minimum Gasteiger partial charge on any atom is -0.389 e. The van der Waals surface area contributed by atoms with Crippen molar-refractivity contribution >= 4 is 44.7 Å². The van der Waals surface area contributed by atoms with E-state index in [-0.39, 0.29) is 16.6 Å². The summed E-state index contributed by atoms with van der Waals surface area (Å²) in [5, 5.41) is 2.72. The Morgan fingerprint density at radius 1 is 1.32 bits per heavy atom. The minimum absolute atomic E-state index is 0.247. The van der Waals surface area contributed by atoms with Crippen LogP contribution in [0.15, 0.2) is 41.3 Å². The number of thiocarbonyl (C=S) groups is 1. The molecule has 7 heteroatoms. The van der Waals surface area contributed by atoms with Crippen molar-refractivity contribution in [2.75, 3.05) is 5.32 Å². The summed E-state index contributed by atoms with van der Waals surface area (Å²) in [6.07, 6.45) is 4.65. The molecule has 0 bridgehead atoms. The number of carbonyl (C=O) groups excluding carboxylic acids is 1. The maximum Gasteiger partial charge on any atom is 0.274 e. The molecule has 2 heterocycles. The fraction of sp³-hybridized carbons (Fsp3) is 0. The Bertz CT molecular complexity index is 630. The SMILES string of the molecule is NC(=S)c1ccc(C(=O)Nc2ccncc2Br)nc1. The van der Waals surface area contributed by atoms with Crippen molar-refractivity contribution in [2.24, 2.45) is 5.73 Å². The smallest absolute Gasteiger partial charge is 0.274 e. The van der Waals surface area contributed by atoms with Crippen molar-refractivity contribution in [2.45, 2.75) is 0 Å². The number of pyridine rings is 2. The lowest BCUT2D eigenvalue weighted by atomic mass is 10.2. The molecule has 0 atom stereocenters. The molecular weight excluding hydrogens is 328 g/mol. The second-order valence-corrected chi connectivity index (χ2v) is 4.90. The lowest BCUT2D eigenvalue weighted by Gasteiger charge is -2.06. The molecule has 0 aromatic carbocycles. The summed E-state index contributed by atoms with van der Waals surface area (Å²) in [7, 11) is 0. The van der Waals surface area contributed by atoms with E-state index in [1.54, 1.807) is 30.6 Å². The summed E-state index contributed by atoms with van der Waals surface area (Å²) in [4.78, 5) is 20.1. The first-order valence-corrected chi connectivity index (χ1v) is 6.45. The van der Waals surface area contributed by atoms with E-state index in [1.807, 2.05) is 0 Å². The number of amides is 1. The zero-order valence-electron chi connectivity index (χ0n) is 9.63. The van der Waals surface area contributed by atoms with Gasteiger partial charge in [0.15, 0.2) is 0 Å². The molecule has 5 nitrogen and oxygen atoms in total. The van der Waals surface area contributed by atoms with Crippen LogP contribution in [0, 0.1) is 0 Å². The highest BCUT2D eigenvalue weighted by atomic mass is 79.9. The van der Waals surface area contributed by atoms with E-state index in [0.29, 0.717) is 15.7 Å². The molecule has 0 aliphatic heterocycles. The molecule has 0 saturated carbocycles. The molecule has 0 aliphatic rings. The molecule has 0 unspecified atom stereocenters. The first-order valence-electron chi connectivity index (χ1n) is 5.24. The van der Waals surface area contributed by atoms with E-state index in [1.165, 1.54) is 6.20 Å². The fourth-order valence-electron chi connectivity index (χ4n) is 1.34.